The van der Waals surface area contributed by atoms with Gasteiger partial charge in [0.1, 0.15) is 5.75 Å². The highest BCUT2D eigenvalue weighted by Gasteiger charge is 2.24. The molecule has 1 aliphatic rings. The highest BCUT2D eigenvalue weighted by Crippen LogP contribution is 2.41. The molecule has 2 rings (SSSR count). The molecule has 0 unspecified atom stereocenters. The summed E-state index contributed by atoms with van der Waals surface area (Å²) < 4.78 is 5.19. The molecule has 0 spiro atoms. The first kappa shape index (κ1) is 8.57. The van der Waals surface area contributed by atoms with Gasteiger partial charge in [-0.15, -0.1) is 0 Å². The topological polar surface area (TPSA) is 29.5 Å². The Kier molecular flexibility index (Phi) is 2.23. The van der Waals surface area contributed by atoms with Gasteiger partial charge in [-0.25, -0.2) is 0 Å². The number of methoxy groups -OCH3 is 1. The smallest absolute Gasteiger partial charge is 0.124 e. The van der Waals surface area contributed by atoms with Crippen molar-refractivity contribution in [2.75, 3.05) is 7.11 Å². The average Bonchev–Trinajstić information content (AvgIpc) is 3.00. The van der Waals surface area contributed by atoms with Gasteiger partial charge >= 0.3 is 0 Å². The molecule has 0 amide bonds. The molecule has 13 heavy (non-hydrogen) atoms. The molecular weight excluding hydrogens is 164 g/mol. The maximum absolute atomic E-state index is 9.01. The minimum absolute atomic E-state index is 0.0497. The third kappa shape index (κ3) is 1.68. The standard InChI is InChI=1S/C11H14O2/c1-13-11-6-9(8-2-3-8)4-5-10(11)7-12/h4-6,8,12H,2-3,7H2,1H3. The molecule has 0 atom stereocenters. The molecule has 70 valence electrons. The molecule has 2 nitrogen and oxygen atoms in total. The van der Waals surface area contributed by atoms with Crippen LogP contribution in [0.2, 0.25) is 0 Å². The predicted octanol–water partition coefficient (Wildman–Crippen LogP) is 2.06. The van der Waals surface area contributed by atoms with Crippen LogP contribution in [0.25, 0.3) is 0 Å². The first-order valence-corrected chi connectivity index (χ1v) is 4.63. The summed E-state index contributed by atoms with van der Waals surface area (Å²) in [6, 6.07) is 6.08. The second kappa shape index (κ2) is 3.38. The number of rotatable bonds is 3. The van der Waals surface area contributed by atoms with E-state index in [-0.39, 0.29) is 6.61 Å². The molecule has 1 aliphatic carbocycles. The van der Waals surface area contributed by atoms with Crippen molar-refractivity contribution in [3.05, 3.63) is 29.3 Å². The molecule has 1 aromatic rings. The zero-order valence-corrected chi connectivity index (χ0v) is 7.79. The Morgan fingerprint density at radius 3 is 2.77 bits per heavy atom. The van der Waals surface area contributed by atoms with Gasteiger partial charge in [0.2, 0.25) is 0 Å². The lowest BCUT2D eigenvalue weighted by Gasteiger charge is -2.07. The molecule has 0 aliphatic heterocycles. The second-order valence-electron chi connectivity index (χ2n) is 3.50. The maximum atomic E-state index is 9.01. The Morgan fingerprint density at radius 1 is 1.46 bits per heavy atom. The van der Waals surface area contributed by atoms with E-state index in [1.807, 2.05) is 12.1 Å². The Morgan fingerprint density at radius 2 is 2.23 bits per heavy atom. The molecule has 0 heterocycles. The summed E-state index contributed by atoms with van der Waals surface area (Å²) in [5.74, 6) is 1.55. The number of hydrogen-bond donors (Lipinski definition) is 1. The fourth-order valence-corrected chi connectivity index (χ4v) is 1.56. The van der Waals surface area contributed by atoms with Gasteiger partial charge in [-0.1, -0.05) is 12.1 Å². The zero-order valence-electron chi connectivity index (χ0n) is 7.79. The van der Waals surface area contributed by atoms with Gasteiger partial charge in [0, 0.05) is 5.56 Å². The van der Waals surface area contributed by atoms with Crippen LogP contribution in [0.4, 0.5) is 0 Å². The molecule has 0 bridgehead atoms. The van der Waals surface area contributed by atoms with E-state index in [0.29, 0.717) is 0 Å². The zero-order chi connectivity index (χ0) is 9.26. The van der Waals surface area contributed by atoms with Gasteiger partial charge in [-0.3, -0.25) is 0 Å². The van der Waals surface area contributed by atoms with Gasteiger partial charge in [-0.2, -0.15) is 0 Å². The van der Waals surface area contributed by atoms with E-state index >= 15 is 0 Å². The van der Waals surface area contributed by atoms with Gasteiger partial charge < -0.3 is 9.84 Å². The number of benzene rings is 1. The minimum Gasteiger partial charge on any atom is -0.496 e. The fraction of sp³-hybridized carbons (Fsp3) is 0.455. The van der Waals surface area contributed by atoms with Crippen LogP contribution in [0.15, 0.2) is 18.2 Å². The van der Waals surface area contributed by atoms with Gasteiger partial charge in [0.15, 0.2) is 0 Å². The molecule has 1 aromatic carbocycles. The van der Waals surface area contributed by atoms with E-state index < -0.39 is 0 Å². The van der Waals surface area contributed by atoms with Crippen molar-refractivity contribution in [2.45, 2.75) is 25.4 Å². The SMILES string of the molecule is COc1cc(C2CC2)ccc1CO. The summed E-state index contributed by atoms with van der Waals surface area (Å²) in [6.07, 6.45) is 2.59. The molecule has 2 heteroatoms. The van der Waals surface area contributed by atoms with Crippen LogP contribution in [0.1, 0.15) is 29.9 Å². The van der Waals surface area contributed by atoms with E-state index in [9.17, 15) is 0 Å². The van der Waals surface area contributed by atoms with E-state index in [1.165, 1.54) is 18.4 Å². The van der Waals surface area contributed by atoms with Crippen LogP contribution in [-0.2, 0) is 6.61 Å². The fourth-order valence-electron chi connectivity index (χ4n) is 1.56. The summed E-state index contributed by atoms with van der Waals surface area (Å²) in [5.41, 5.74) is 2.21. The summed E-state index contributed by atoms with van der Waals surface area (Å²) in [6.45, 7) is 0.0497. The van der Waals surface area contributed by atoms with Crippen molar-refractivity contribution in [1.82, 2.24) is 0 Å². The number of ether oxygens (including phenoxy) is 1. The van der Waals surface area contributed by atoms with Crippen molar-refractivity contribution >= 4 is 0 Å². The lowest BCUT2D eigenvalue weighted by molar-refractivity contribution is 0.273. The number of aliphatic hydroxyl groups is 1. The van der Waals surface area contributed by atoms with Crippen LogP contribution in [-0.4, -0.2) is 12.2 Å². The van der Waals surface area contributed by atoms with Crippen LogP contribution in [0.3, 0.4) is 0 Å². The summed E-state index contributed by atoms with van der Waals surface area (Å²) in [4.78, 5) is 0. The maximum Gasteiger partial charge on any atom is 0.124 e. The minimum atomic E-state index is 0.0497. The van der Waals surface area contributed by atoms with Crippen molar-refractivity contribution in [1.29, 1.82) is 0 Å². The molecule has 0 aromatic heterocycles. The van der Waals surface area contributed by atoms with Crippen molar-refractivity contribution in [3.8, 4) is 5.75 Å². The van der Waals surface area contributed by atoms with Gasteiger partial charge in [-0.05, 0) is 30.4 Å². The second-order valence-corrected chi connectivity index (χ2v) is 3.50. The van der Waals surface area contributed by atoms with E-state index in [1.54, 1.807) is 7.11 Å². The van der Waals surface area contributed by atoms with Crippen molar-refractivity contribution in [2.24, 2.45) is 0 Å². The lowest BCUT2D eigenvalue weighted by Crippen LogP contribution is -1.93. The van der Waals surface area contributed by atoms with Crippen LogP contribution >= 0.6 is 0 Å². The molecule has 1 saturated carbocycles. The van der Waals surface area contributed by atoms with Crippen LogP contribution < -0.4 is 4.74 Å². The van der Waals surface area contributed by atoms with E-state index in [0.717, 1.165) is 17.2 Å². The molecule has 1 fully saturated rings. The van der Waals surface area contributed by atoms with Crippen molar-refractivity contribution in [3.63, 3.8) is 0 Å². The van der Waals surface area contributed by atoms with Crippen LogP contribution in [0.5, 0.6) is 5.75 Å². The first-order chi connectivity index (χ1) is 6.35. The third-order valence-corrected chi connectivity index (χ3v) is 2.53. The molecular formula is C11H14O2. The van der Waals surface area contributed by atoms with E-state index in [4.69, 9.17) is 9.84 Å². The largest absolute Gasteiger partial charge is 0.496 e. The first-order valence-electron chi connectivity index (χ1n) is 4.63. The molecule has 0 saturated heterocycles. The normalized spacial score (nSPS) is 15.8. The Bertz CT molecular complexity index is 303. The van der Waals surface area contributed by atoms with Gasteiger partial charge in [0.25, 0.3) is 0 Å². The summed E-state index contributed by atoms with van der Waals surface area (Å²) in [7, 11) is 1.64. The highest BCUT2D eigenvalue weighted by atomic mass is 16.5. The quantitative estimate of drug-likeness (QED) is 0.767. The molecule has 0 radical (unpaired) electrons. The van der Waals surface area contributed by atoms with Crippen LogP contribution in [0, 0.1) is 0 Å². The predicted molar refractivity (Wildman–Crippen MR) is 50.9 cm³/mol. The molecule has 1 N–H and O–H groups in total. The third-order valence-electron chi connectivity index (χ3n) is 2.53. The summed E-state index contributed by atoms with van der Waals surface area (Å²) >= 11 is 0. The average molecular weight is 178 g/mol. The number of hydrogen-bond acceptors (Lipinski definition) is 2. The van der Waals surface area contributed by atoms with Gasteiger partial charge in [0.05, 0.1) is 13.7 Å². The Hall–Kier alpha value is -1.02. The summed E-state index contributed by atoms with van der Waals surface area (Å²) in [5, 5.41) is 9.01. The van der Waals surface area contributed by atoms with Crippen molar-refractivity contribution < 1.29 is 9.84 Å². The Balaban J connectivity index is 2.31. The highest BCUT2D eigenvalue weighted by molar-refractivity contribution is 5.39. The van der Waals surface area contributed by atoms with E-state index in [2.05, 4.69) is 6.07 Å². The number of aliphatic hydroxyl groups excluding tert-OH is 1. The Labute approximate surface area is 78.2 Å². The monoisotopic (exact) mass is 178 g/mol. The lowest BCUT2D eigenvalue weighted by atomic mass is 10.1.